The lowest BCUT2D eigenvalue weighted by Gasteiger charge is -2.30. The van der Waals surface area contributed by atoms with E-state index in [1.807, 2.05) is 24.3 Å². The fourth-order valence-electron chi connectivity index (χ4n) is 3.80. The molecule has 6 nitrogen and oxygen atoms in total. The third-order valence-electron chi connectivity index (χ3n) is 5.28. The van der Waals surface area contributed by atoms with Gasteiger partial charge in [0.25, 0.3) is 0 Å². The summed E-state index contributed by atoms with van der Waals surface area (Å²) in [5, 5.41) is 2.78. The predicted molar refractivity (Wildman–Crippen MR) is 119 cm³/mol. The molecule has 0 bridgehead atoms. The molecule has 1 saturated heterocycles. The number of sulfonamides is 1. The summed E-state index contributed by atoms with van der Waals surface area (Å²) < 4.78 is 40.1. The lowest BCUT2D eigenvalue weighted by molar-refractivity contribution is -0.117. The van der Waals surface area contributed by atoms with E-state index < -0.39 is 27.8 Å². The van der Waals surface area contributed by atoms with Crippen molar-refractivity contribution in [1.29, 1.82) is 0 Å². The molecule has 3 rings (SSSR count). The number of rotatable bonds is 7. The smallest absolute Gasteiger partial charge is 0.248 e. The Labute approximate surface area is 177 Å². The molecule has 0 saturated carbocycles. The Bertz CT molecular complexity index is 973. The molecular formula is C22H28FN3O3S. The van der Waals surface area contributed by atoms with Gasteiger partial charge in [0.2, 0.25) is 15.9 Å². The number of halogens is 1. The summed E-state index contributed by atoms with van der Waals surface area (Å²) in [5.74, 6) is -1.20. The second-order valence-electron chi connectivity index (χ2n) is 7.52. The van der Waals surface area contributed by atoms with Gasteiger partial charge in [0.05, 0.1) is 11.9 Å². The summed E-state index contributed by atoms with van der Waals surface area (Å²) in [6.45, 7) is 3.74. The Morgan fingerprint density at radius 1 is 1.10 bits per heavy atom. The van der Waals surface area contributed by atoms with E-state index in [-0.39, 0.29) is 12.1 Å². The first-order valence-electron chi connectivity index (χ1n) is 10.2. The summed E-state index contributed by atoms with van der Waals surface area (Å²) in [5.41, 5.74) is 1.53. The van der Waals surface area contributed by atoms with Gasteiger partial charge in [0, 0.05) is 24.5 Å². The maximum atomic E-state index is 14.3. The van der Waals surface area contributed by atoms with Crippen molar-refractivity contribution in [3.63, 3.8) is 0 Å². The maximum Gasteiger partial charge on any atom is 0.248 e. The molecule has 2 aromatic rings. The number of nitrogens with one attached hydrogen (secondary N) is 1. The fraction of sp³-hybridized carbons (Fsp3) is 0.409. The Kier molecular flexibility index (Phi) is 6.97. The van der Waals surface area contributed by atoms with Gasteiger partial charge in [-0.3, -0.25) is 9.10 Å². The zero-order chi connectivity index (χ0) is 21.7. The molecule has 0 aromatic heterocycles. The van der Waals surface area contributed by atoms with Crippen LogP contribution in [0.1, 0.15) is 32.6 Å². The Morgan fingerprint density at radius 2 is 1.73 bits per heavy atom. The number of carbonyl (C=O) groups is 1. The van der Waals surface area contributed by atoms with Crippen molar-refractivity contribution in [2.24, 2.45) is 0 Å². The molecule has 1 amide bonds. The summed E-state index contributed by atoms with van der Waals surface area (Å²) in [6.07, 6.45) is 4.77. The first-order chi connectivity index (χ1) is 14.3. The van der Waals surface area contributed by atoms with Gasteiger partial charge >= 0.3 is 0 Å². The highest BCUT2D eigenvalue weighted by Crippen LogP contribution is 2.27. The van der Waals surface area contributed by atoms with Crippen molar-refractivity contribution in [1.82, 2.24) is 0 Å². The third kappa shape index (κ3) is 5.11. The van der Waals surface area contributed by atoms with Crippen molar-refractivity contribution < 1.29 is 17.6 Å². The molecule has 1 heterocycles. The van der Waals surface area contributed by atoms with Crippen LogP contribution in [0.3, 0.4) is 0 Å². The number of anilines is 3. The zero-order valence-corrected chi connectivity index (χ0v) is 18.2. The van der Waals surface area contributed by atoms with E-state index in [0.717, 1.165) is 29.3 Å². The summed E-state index contributed by atoms with van der Waals surface area (Å²) in [7, 11) is -3.88. The van der Waals surface area contributed by atoms with Crippen molar-refractivity contribution >= 4 is 33.0 Å². The van der Waals surface area contributed by atoms with Gasteiger partial charge in [-0.1, -0.05) is 19.1 Å². The van der Waals surface area contributed by atoms with Gasteiger partial charge in [0.1, 0.15) is 11.9 Å². The summed E-state index contributed by atoms with van der Waals surface area (Å²) >= 11 is 0. The fourth-order valence-corrected chi connectivity index (χ4v) is 5.01. The molecule has 162 valence electrons. The highest BCUT2D eigenvalue weighted by molar-refractivity contribution is 7.92. The van der Waals surface area contributed by atoms with Crippen molar-refractivity contribution in [3.05, 3.63) is 54.3 Å². The van der Waals surface area contributed by atoms with Gasteiger partial charge in [-0.05, 0) is 62.1 Å². The van der Waals surface area contributed by atoms with Crippen molar-refractivity contribution in [2.75, 3.05) is 33.9 Å². The highest BCUT2D eigenvalue weighted by Gasteiger charge is 2.33. The topological polar surface area (TPSA) is 69.7 Å². The average molecular weight is 434 g/mol. The minimum Gasteiger partial charge on any atom is -0.372 e. The van der Waals surface area contributed by atoms with Crippen LogP contribution in [-0.2, 0) is 14.8 Å². The lowest BCUT2D eigenvalue weighted by atomic mass is 10.1. The van der Waals surface area contributed by atoms with Crippen LogP contribution in [-0.4, -0.2) is 39.7 Å². The molecule has 1 N–H and O–H groups in total. The highest BCUT2D eigenvalue weighted by atomic mass is 32.2. The lowest BCUT2D eigenvalue weighted by Crippen LogP contribution is -2.47. The van der Waals surface area contributed by atoms with Crippen LogP contribution < -0.4 is 14.5 Å². The average Bonchev–Trinajstić information content (AvgIpc) is 2.73. The summed E-state index contributed by atoms with van der Waals surface area (Å²) in [6, 6.07) is 12.0. The van der Waals surface area contributed by atoms with Crippen LogP contribution in [0, 0.1) is 5.82 Å². The molecule has 0 radical (unpaired) electrons. The van der Waals surface area contributed by atoms with E-state index in [2.05, 4.69) is 10.2 Å². The van der Waals surface area contributed by atoms with Crippen molar-refractivity contribution in [2.45, 2.75) is 38.6 Å². The van der Waals surface area contributed by atoms with Crippen molar-refractivity contribution in [3.8, 4) is 0 Å². The first kappa shape index (κ1) is 22.1. The number of hydrogen-bond donors (Lipinski definition) is 1. The molecule has 1 aliphatic heterocycles. The number of hydrogen-bond acceptors (Lipinski definition) is 4. The van der Waals surface area contributed by atoms with Crippen LogP contribution in [0.25, 0.3) is 0 Å². The van der Waals surface area contributed by atoms with E-state index >= 15 is 0 Å². The van der Waals surface area contributed by atoms with Gasteiger partial charge < -0.3 is 10.2 Å². The van der Waals surface area contributed by atoms with Crippen LogP contribution in [0.15, 0.2) is 48.5 Å². The van der Waals surface area contributed by atoms with Crippen LogP contribution in [0.4, 0.5) is 21.5 Å². The number of amides is 1. The van der Waals surface area contributed by atoms with Gasteiger partial charge in [0.15, 0.2) is 0 Å². The minimum absolute atomic E-state index is 0.137. The number of benzene rings is 2. The number of nitrogens with zero attached hydrogens (tertiary/aromatic N) is 2. The second kappa shape index (κ2) is 9.47. The molecule has 1 fully saturated rings. The van der Waals surface area contributed by atoms with E-state index in [0.29, 0.717) is 5.69 Å². The molecule has 0 unspecified atom stereocenters. The van der Waals surface area contributed by atoms with Gasteiger partial charge in [-0.2, -0.15) is 0 Å². The maximum absolute atomic E-state index is 14.3. The number of carbonyl (C=O) groups excluding carboxylic acids is 1. The SMILES string of the molecule is CC[C@H](C(=O)Nc1ccc(N2CCCCC2)cc1)N(c1ccccc1F)S(C)(=O)=O. The standard InChI is InChI=1S/C22H28FN3O3S/c1-3-20(26(30(2,28)29)21-10-6-5-9-19(21)23)22(27)24-17-11-13-18(14-12-17)25-15-7-4-8-16-25/h5-6,9-14,20H,3-4,7-8,15-16H2,1-2H3,(H,24,27)/t20-/m1/s1. The molecule has 30 heavy (non-hydrogen) atoms. The molecular weight excluding hydrogens is 405 g/mol. The Morgan fingerprint density at radius 3 is 2.30 bits per heavy atom. The normalized spacial score (nSPS) is 15.5. The third-order valence-corrected chi connectivity index (χ3v) is 6.44. The zero-order valence-electron chi connectivity index (χ0n) is 17.3. The van der Waals surface area contributed by atoms with Gasteiger partial charge in [-0.15, -0.1) is 0 Å². The Hall–Kier alpha value is -2.61. The number of para-hydroxylation sites is 1. The number of piperidine rings is 1. The predicted octanol–water partition coefficient (Wildman–Crippen LogP) is 4.00. The van der Waals surface area contributed by atoms with Crippen LogP contribution >= 0.6 is 0 Å². The molecule has 2 aromatic carbocycles. The van der Waals surface area contributed by atoms with Crippen LogP contribution in [0.5, 0.6) is 0 Å². The second-order valence-corrected chi connectivity index (χ2v) is 9.38. The van der Waals surface area contributed by atoms with E-state index in [1.165, 1.54) is 37.5 Å². The minimum atomic E-state index is -3.88. The van der Waals surface area contributed by atoms with Crippen LogP contribution in [0.2, 0.25) is 0 Å². The van der Waals surface area contributed by atoms with E-state index in [1.54, 1.807) is 13.0 Å². The Balaban J connectivity index is 1.80. The van der Waals surface area contributed by atoms with E-state index in [4.69, 9.17) is 0 Å². The van der Waals surface area contributed by atoms with E-state index in [9.17, 15) is 17.6 Å². The molecule has 0 spiro atoms. The first-order valence-corrected chi connectivity index (χ1v) is 12.1. The molecule has 0 aliphatic carbocycles. The largest absolute Gasteiger partial charge is 0.372 e. The molecule has 1 aliphatic rings. The quantitative estimate of drug-likeness (QED) is 0.717. The molecule has 1 atom stereocenters. The summed E-state index contributed by atoms with van der Waals surface area (Å²) in [4.78, 5) is 15.3. The monoisotopic (exact) mass is 433 g/mol. The van der Waals surface area contributed by atoms with Gasteiger partial charge in [-0.25, -0.2) is 12.8 Å². The molecule has 8 heteroatoms.